The van der Waals surface area contributed by atoms with Gasteiger partial charge < -0.3 is 43.8 Å². The molecule has 13 heteroatoms. The molecule has 3 amide bonds. The van der Waals surface area contributed by atoms with Gasteiger partial charge in [-0.3, -0.25) is 19.4 Å². The third-order valence-electron chi connectivity index (χ3n) is 3.38. The van der Waals surface area contributed by atoms with E-state index >= 15 is 0 Å². The third kappa shape index (κ3) is 9.96. The number of nitrogens with zero attached hydrogens (tertiary/aromatic N) is 1. The quantitative estimate of drug-likeness (QED) is 0.0911. The number of guanidine groups is 1. The van der Waals surface area contributed by atoms with E-state index in [0.29, 0.717) is 0 Å². The Morgan fingerprint density at radius 2 is 1.67 bits per heavy atom. The van der Waals surface area contributed by atoms with Gasteiger partial charge in [0, 0.05) is 6.54 Å². The van der Waals surface area contributed by atoms with Crippen molar-refractivity contribution in [1.29, 1.82) is 0 Å². The summed E-state index contributed by atoms with van der Waals surface area (Å²) in [6.45, 7) is 1.39. The molecule has 0 rings (SSSR count). The molecule has 0 aromatic rings. The van der Waals surface area contributed by atoms with Gasteiger partial charge >= 0.3 is 5.97 Å². The molecule has 0 radical (unpaired) electrons. The van der Waals surface area contributed by atoms with Gasteiger partial charge in [0.1, 0.15) is 12.1 Å². The zero-order valence-corrected chi connectivity index (χ0v) is 14.9. The minimum atomic E-state index is -1.48. The molecule has 13 nitrogen and oxygen atoms in total. The number of carbonyl (C=O) groups excluding carboxylic acids is 3. The van der Waals surface area contributed by atoms with Crippen molar-refractivity contribution in [2.24, 2.45) is 27.9 Å². The van der Waals surface area contributed by atoms with Crippen LogP contribution in [-0.2, 0) is 19.2 Å². The standard InChI is InChI=1S/C14H27N7O6/c1-6(22)10(21-11(24)7(15)5-9(16)23)12(25)20-8(13(26)27)3-2-4-19-14(17)18/h6-8,10,22H,2-5,15H2,1H3,(H2,16,23)(H,20,25)(H,21,24)(H,26,27)(H4,17,18,19). The van der Waals surface area contributed by atoms with Crippen molar-refractivity contribution >= 4 is 29.7 Å². The monoisotopic (exact) mass is 389 g/mol. The number of carbonyl (C=O) groups is 4. The Hall–Kier alpha value is -2.93. The summed E-state index contributed by atoms with van der Waals surface area (Å²) in [5, 5.41) is 23.3. The van der Waals surface area contributed by atoms with E-state index in [2.05, 4.69) is 15.6 Å². The van der Waals surface area contributed by atoms with Crippen molar-refractivity contribution in [3.63, 3.8) is 0 Å². The van der Waals surface area contributed by atoms with Crippen molar-refractivity contribution in [2.75, 3.05) is 6.54 Å². The molecule has 0 bridgehead atoms. The van der Waals surface area contributed by atoms with Crippen molar-refractivity contribution in [1.82, 2.24) is 10.6 Å². The summed E-state index contributed by atoms with van der Waals surface area (Å²) in [6.07, 6.45) is -1.53. The number of aliphatic hydroxyl groups excluding tert-OH is 1. The minimum Gasteiger partial charge on any atom is -0.480 e. The van der Waals surface area contributed by atoms with Gasteiger partial charge in [-0.25, -0.2) is 4.79 Å². The zero-order valence-electron chi connectivity index (χ0n) is 14.9. The highest BCUT2D eigenvalue weighted by atomic mass is 16.4. The third-order valence-corrected chi connectivity index (χ3v) is 3.38. The van der Waals surface area contributed by atoms with Crippen LogP contribution >= 0.6 is 0 Å². The maximum absolute atomic E-state index is 12.3. The number of hydrogen-bond donors (Lipinski definition) is 8. The highest BCUT2D eigenvalue weighted by Gasteiger charge is 2.31. The van der Waals surface area contributed by atoms with E-state index < -0.39 is 54.3 Å². The summed E-state index contributed by atoms with van der Waals surface area (Å²) >= 11 is 0. The van der Waals surface area contributed by atoms with Crippen LogP contribution < -0.4 is 33.6 Å². The first-order valence-corrected chi connectivity index (χ1v) is 8.06. The maximum atomic E-state index is 12.3. The number of carboxylic acid groups (broad SMARTS) is 1. The summed E-state index contributed by atoms with van der Waals surface area (Å²) in [5.41, 5.74) is 20.7. The summed E-state index contributed by atoms with van der Waals surface area (Å²) in [7, 11) is 0. The topological polar surface area (TPSA) is 249 Å². The first kappa shape index (κ1) is 24.1. The van der Waals surface area contributed by atoms with Crippen LogP contribution in [0.5, 0.6) is 0 Å². The maximum Gasteiger partial charge on any atom is 0.326 e. The smallest absolute Gasteiger partial charge is 0.326 e. The van der Waals surface area contributed by atoms with Crippen molar-refractivity contribution in [3.8, 4) is 0 Å². The molecular formula is C14H27N7O6. The number of carboxylic acids is 1. The molecule has 0 aromatic carbocycles. The van der Waals surface area contributed by atoms with Crippen LogP contribution in [0.3, 0.4) is 0 Å². The van der Waals surface area contributed by atoms with E-state index in [4.69, 9.17) is 22.9 Å². The van der Waals surface area contributed by atoms with E-state index in [1.165, 1.54) is 6.92 Å². The Morgan fingerprint density at radius 3 is 2.11 bits per heavy atom. The van der Waals surface area contributed by atoms with Crippen LogP contribution in [0, 0.1) is 0 Å². The molecule has 0 fully saturated rings. The Labute approximate surface area is 155 Å². The molecule has 27 heavy (non-hydrogen) atoms. The second-order valence-electron chi connectivity index (χ2n) is 5.85. The Morgan fingerprint density at radius 1 is 1.07 bits per heavy atom. The SMILES string of the molecule is CC(O)C(NC(=O)C(N)CC(N)=O)C(=O)NC(CCCN=C(N)N)C(=O)O. The molecule has 12 N–H and O–H groups in total. The molecule has 4 atom stereocenters. The molecule has 0 aliphatic rings. The molecule has 0 heterocycles. The number of amides is 3. The second kappa shape index (κ2) is 11.6. The normalized spacial score (nSPS) is 14.9. The summed E-state index contributed by atoms with van der Waals surface area (Å²) < 4.78 is 0. The lowest BCUT2D eigenvalue weighted by Gasteiger charge is -2.24. The number of rotatable bonds is 12. The van der Waals surface area contributed by atoms with E-state index in [0.717, 1.165) is 0 Å². The Bertz CT molecular complexity index is 576. The number of aliphatic carboxylic acids is 1. The number of primary amides is 1. The molecule has 4 unspecified atom stereocenters. The molecule has 0 aromatic heterocycles. The van der Waals surface area contributed by atoms with Crippen LogP contribution in [0.1, 0.15) is 26.2 Å². The molecule has 0 spiro atoms. The summed E-state index contributed by atoms with van der Waals surface area (Å²) in [6, 6.07) is -4.08. The average Bonchev–Trinajstić information content (AvgIpc) is 2.53. The average molecular weight is 389 g/mol. The number of aliphatic imine (C=N–C) groups is 1. The van der Waals surface area contributed by atoms with Crippen molar-refractivity contribution < 1.29 is 29.4 Å². The van der Waals surface area contributed by atoms with Crippen molar-refractivity contribution in [2.45, 2.75) is 50.4 Å². The van der Waals surface area contributed by atoms with Crippen molar-refractivity contribution in [3.05, 3.63) is 0 Å². The zero-order chi connectivity index (χ0) is 21.1. The van der Waals surface area contributed by atoms with Gasteiger partial charge in [0.05, 0.1) is 18.6 Å². The van der Waals surface area contributed by atoms with Gasteiger partial charge in [-0.05, 0) is 19.8 Å². The predicted molar refractivity (Wildman–Crippen MR) is 94.9 cm³/mol. The first-order valence-electron chi connectivity index (χ1n) is 8.06. The van der Waals surface area contributed by atoms with Crippen LogP contribution in [0.25, 0.3) is 0 Å². The lowest BCUT2D eigenvalue weighted by atomic mass is 10.1. The summed E-state index contributed by atoms with van der Waals surface area (Å²) in [4.78, 5) is 50.0. The number of hydrogen-bond acceptors (Lipinski definition) is 7. The Kier molecular flexibility index (Phi) is 10.4. The predicted octanol–water partition coefficient (Wildman–Crippen LogP) is -4.32. The lowest BCUT2D eigenvalue weighted by Crippen LogP contribution is -2.58. The van der Waals surface area contributed by atoms with E-state index in [1.54, 1.807) is 0 Å². The fraction of sp³-hybridized carbons (Fsp3) is 0.643. The van der Waals surface area contributed by atoms with Gasteiger partial charge in [0.15, 0.2) is 5.96 Å². The largest absolute Gasteiger partial charge is 0.480 e. The molecule has 0 saturated carbocycles. The summed E-state index contributed by atoms with van der Waals surface area (Å²) in [5.74, 6) is -4.10. The number of nitrogens with one attached hydrogen (secondary N) is 2. The lowest BCUT2D eigenvalue weighted by molar-refractivity contribution is -0.143. The molecule has 154 valence electrons. The van der Waals surface area contributed by atoms with Gasteiger partial charge in [0.25, 0.3) is 0 Å². The number of aliphatic hydroxyl groups is 1. The van der Waals surface area contributed by atoms with E-state index in [-0.39, 0.29) is 25.3 Å². The molecular weight excluding hydrogens is 362 g/mol. The first-order chi connectivity index (χ1) is 12.5. The highest BCUT2D eigenvalue weighted by molar-refractivity contribution is 5.93. The second-order valence-corrected chi connectivity index (χ2v) is 5.85. The van der Waals surface area contributed by atoms with Crippen LogP contribution in [0.2, 0.25) is 0 Å². The van der Waals surface area contributed by atoms with E-state index in [9.17, 15) is 29.4 Å². The Balaban J connectivity index is 4.91. The van der Waals surface area contributed by atoms with Crippen LogP contribution in [0.15, 0.2) is 4.99 Å². The minimum absolute atomic E-state index is 0.0134. The number of nitrogens with two attached hydrogens (primary N) is 4. The fourth-order valence-electron chi connectivity index (χ4n) is 2.00. The van der Waals surface area contributed by atoms with Gasteiger partial charge in [-0.15, -0.1) is 0 Å². The fourth-order valence-corrected chi connectivity index (χ4v) is 2.00. The van der Waals surface area contributed by atoms with Gasteiger partial charge in [0.2, 0.25) is 17.7 Å². The van der Waals surface area contributed by atoms with Crippen LogP contribution in [-0.4, -0.2) is 70.6 Å². The van der Waals surface area contributed by atoms with Crippen LogP contribution in [0.4, 0.5) is 0 Å². The molecule has 0 saturated heterocycles. The molecule has 0 aliphatic heterocycles. The van der Waals surface area contributed by atoms with Gasteiger partial charge in [-0.1, -0.05) is 0 Å². The van der Waals surface area contributed by atoms with Gasteiger partial charge in [-0.2, -0.15) is 0 Å². The molecule has 0 aliphatic carbocycles. The highest BCUT2D eigenvalue weighted by Crippen LogP contribution is 2.02. The van der Waals surface area contributed by atoms with E-state index in [1.807, 2.05) is 0 Å².